The molecule has 6 nitrogen and oxygen atoms in total. The number of fused-ring (bicyclic) bond motifs is 1. The fraction of sp³-hybridized carbons (Fsp3) is 0.167. The minimum atomic E-state index is -0.843. The Morgan fingerprint density at radius 1 is 1.28 bits per heavy atom. The summed E-state index contributed by atoms with van der Waals surface area (Å²) in [6.45, 7) is 3.50. The highest BCUT2D eigenvalue weighted by Gasteiger charge is 2.17. The number of H-pyrrole nitrogens is 1. The van der Waals surface area contributed by atoms with E-state index in [-0.39, 0.29) is 16.6 Å². The van der Waals surface area contributed by atoms with Gasteiger partial charge in [-0.2, -0.15) is 0 Å². The van der Waals surface area contributed by atoms with E-state index in [1.54, 1.807) is 19.1 Å². The molecule has 3 aromatic rings. The summed E-state index contributed by atoms with van der Waals surface area (Å²) in [5.74, 6) is -0.673. The highest BCUT2D eigenvalue weighted by atomic mass is 19.1. The maximum Gasteiger partial charge on any atom is 0.265 e. The van der Waals surface area contributed by atoms with Gasteiger partial charge in [-0.3, -0.25) is 9.59 Å². The molecule has 0 saturated carbocycles. The molecular formula is C18H16FN3O3. The van der Waals surface area contributed by atoms with E-state index < -0.39 is 23.4 Å². The van der Waals surface area contributed by atoms with Gasteiger partial charge in [0.2, 0.25) is 0 Å². The van der Waals surface area contributed by atoms with Crippen LogP contribution in [0, 0.1) is 12.7 Å². The number of aromatic amines is 1. The second-order valence-electron chi connectivity index (χ2n) is 5.64. The molecule has 0 aliphatic heterocycles. The van der Waals surface area contributed by atoms with Gasteiger partial charge in [-0.05, 0) is 32.0 Å². The molecule has 1 aromatic heterocycles. The van der Waals surface area contributed by atoms with E-state index in [4.69, 9.17) is 4.74 Å². The van der Waals surface area contributed by atoms with Crippen LogP contribution in [0.3, 0.4) is 0 Å². The summed E-state index contributed by atoms with van der Waals surface area (Å²) in [5.41, 5.74) is 0.768. The predicted octanol–water partition coefficient (Wildman–Crippen LogP) is 2.78. The number of nitrogens with one attached hydrogen (secondary N) is 2. The molecule has 2 N–H and O–H groups in total. The molecule has 0 unspecified atom stereocenters. The summed E-state index contributed by atoms with van der Waals surface area (Å²) in [7, 11) is 0. The van der Waals surface area contributed by atoms with E-state index in [1.165, 1.54) is 12.4 Å². The molecule has 25 heavy (non-hydrogen) atoms. The second kappa shape index (κ2) is 6.72. The number of ether oxygens (including phenoxy) is 1. The number of amides is 1. The molecule has 7 heteroatoms. The number of aromatic nitrogens is 2. The summed E-state index contributed by atoms with van der Waals surface area (Å²) >= 11 is 0. The number of hydrogen-bond acceptors (Lipinski definition) is 4. The van der Waals surface area contributed by atoms with Gasteiger partial charge >= 0.3 is 0 Å². The number of carbonyl (C=O) groups is 1. The topological polar surface area (TPSA) is 84.1 Å². The first-order chi connectivity index (χ1) is 11.9. The average molecular weight is 341 g/mol. The van der Waals surface area contributed by atoms with Gasteiger partial charge in [0.25, 0.3) is 11.5 Å². The van der Waals surface area contributed by atoms with Crippen molar-refractivity contribution in [3.8, 4) is 5.75 Å². The Kier molecular flexibility index (Phi) is 4.47. The maximum atomic E-state index is 14.1. The SMILES string of the molecule is Cc1ccc(O[C@@H](C)C(=O)Nc2cc3c(=O)[nH]cnc3cc2F)cc1. The summed E-state index contributed by atoms with van der Waals surface area (Å²) in [6.07, 6.45) is 0.352. The normalized spacial score (nSPS) is 12.0. The van der Waals surface area contributed by atoms with Crippen molar-refractivity contribution in [2.24, 2.45) is 0 Å². The predicted molar refractivity (Wildman–Crippen MR) is 92.2 cm³/mol. The van der Waals surface area contributed by atoms with Crippen molar-refractivity contribution in [1.29, 1.82) is 0 Å². The molecule has 2 aromatic carbocycles. The van der Waals surface area contributed by atoms with Gasteiger partial charge in [-0.15, -0.1) is 0 Å². The molecule has 3 rings (SSSR count). The van der Waals surface area contributed by atoms with Crippen molar-refractivity contribution in [3.63, 3.8) is 0 Å². The Balaban J connectivity index is 1.79. The highest BCUT2D eigenvalue weighted by molar-refractivity contribution is 5.96. The quantitative estimate of drug-likeness (QED) is 0.764. The van der Waals surface area contributed by atoms with Crippen molar-refractivity contribution in [3.05, 3.63) is 64.5 Å². The first kappa shape index (κ1) is 16.6. The van der Waals surface area contributed by atoms with Crippen LogP contribution in [0.15, 0.2) is 47.5 Å². The van der Waals surface area contributed by atoms with Crippen LogP contribution in [0.25, 0.3) is 10.9 Å². The standard InChI is InChI=1S/C18H16FN3O3/c1-10-3-5-12(6-4-10)25-11(2)17(23)22-16-7-13-15(8-14(16)19)20-9-21-18(13)24/h3-9,11H,1-2H3,(H,22,23)(H,20,21,24)/t11-/m0/s1. The zero-order valence-electron chi connectivity index (χ0n) is 13.7. The van der Waals surface area contributed by atoms with Crippen LogP contribution in [0.5, 0.6) is 5.75 Å². The molecule has 1 heterocycles. The Morgan fingerprint density at radius 2 is 2.00 bits per heavy atom. The van der Waals surface area contributed by atoms with Gasteiger partial charge in [0, 0.05) is 6.07 Å². The zero-order valence-corrected chi connectivity index (χ0v) is 13.7. The van der Waals surface area contributed by atoms with Crippen molar-refractivity contribution in [1.82, 2.24) is 9.97 Å². The summed E-state index contributed by atoms with van der Waals surface area (Å²) in [4.78, 5) is 30.3. The molecule has 0 fully saturated rings. The minimum Gasteiger partial charge on any atom is -0.481 e. The lowest BCUT2D eigenvalue weighted by Gasteiger charge is -2.15. The molecular weight excluding hydrogens is 325 g/mol. The Hall–Kier alpha value is -3.22. The van der Waals surface area contributed by atoms with E-state index in [0.717, 1.165) is 11.6 Å². The highest BCUT2D eigenvalue weighted by Crippen LogP contribution is 2.20. The van der Waals surface area contributed by atoms with Gasteiger partial charge in [0.05, 0.1) is 22.9 Å². The van der Waals surface area contributed by atoms with Crippen LogP contribution in [0.4, 0.5) is 10.1 Å². The third-order valence-corrected chi connectivity index (χ3v) is 3.69. The zero-order chi connectivity index (χ0) is 18.0. The maximum absolute atomic E-state index is 14.1. The molecule has 0 aliphatic rings. The molecule has 1 amide bonds. The van der Waals surface area contributed by atoms with Gasteiger partial charge < -0.3 is 15.0 Å². The molecule has 0 bridgehead atoms. The fourth-order valence-electron chi connectivity index (χ4n) is 2.29. The monoisotopic (exact) mass is 341 g/mol. The lowest BCUT2D eigenvalue weighted by molar-refractivity contribution is -0.122. The lowest BCUT2D eigenvalue weighted by atomic mass is 10.2. The van der Waals surface area contributed by atoms with Crippen LogP contribution >= 0.6 is 0 Å². The van der Waals surface area contributed by atoms with Crippen LogP contribution in [-0.2, 0) is 4.79 Å². The van der Waals surface area contributed by atoms with Gasteiger partial charge in [-0.1, -0.05) is 17.7 Å². The number of rotatable bonds is 4. The van der Waals surface area contributed by atoms with Crippen LogP contribution in [-0.4, -0.2) is 22.0 Å². The van der Waals surface area contributed by atoms with Crippen molar-refractivity contribution in [2.45, 2.75) is 20.0 Å². The van der Waals surface area contributed by atoms with Crippen LogP contribution in [0.2, 0.25) is 0 Å². The number of carbonyl (C=O) groups excluding carboxylic acids is 1. The fourth-order valence-corrected chi connectivity index (χ4v) is 2.29. The first-order valence-corrected chi connectivity index (χ1v) is 7.65. The Bertz CT molecular complexity index is 983. The van der Waals surface area contributed by atoms with Crippen molar-refractivity contribution in [2.75, 3.05) is 5.32 Å². The van der Waals surface area contributed by atoms with E-state index in [1.807, 2.05) is 19.1 Å². The van der Waals surface area contributed by atoms with E-state index >= 15 is 0 Å². The summed E-state index contributed by atoms with van der Waals surface area (Å²) in [5, 5.41) is 2.63. The number of aryl methyl sites for hydroxylation is 1. The van der Waals surface area contributed by atoms with E-state index in [2.05, 4.69) is 15.3 Å². The molecule has 0 saturated heterocycles. The number of halogens is 1. The van der Waals surface area contributed by atoms with Gasteiger partial charge in [-0.25, -0.2) is 9.37 Å². The largest absolute Gasteiger partial charge is 0.481 e. The van der Waals surface area contributed by atoms with Crippen molar-refractivity contribution < 1.29 is 13.9 Å². The molecule has 128 valence electrons. The van der Waals surface area contributed by atoms with Crippen LogP contribution in [0.1, 0.15) is 12.5 Å². The van der Waals surface area contributed by atoms with Crippen LogP contribution < -0.4 is 15.6 Å². The number of benzene rings is 2. The molecule has 0 spiro atoms. The third-order valence-electron chi connectivity index (χ3n) is 3.69. The lowest BCUT2D eigenvalue weighted by Crippen LogP contribution is -2.30. The molecule has 0 aliphatic carbocycles. The van der Waals surface area contributed by atoms with Gasteiger partial charge in [0.15, 0.2) is 6.10 Å². The van der Waals surface area contributed by atoms with E-state index in [0.29, 0.717) is 5.75 Å². The molecule has 0 radical (unpaired) electrons. The Morgan fingerprint density at radius 3 is 2.72 bits per heavy atom. The minimum absolute atomic E-state index is 0.102. The average Bonchev–Trinajstić information content (AvgIpc) is 2.58. The third kappa shape index (κ3) is 3.65. The smallest absolute Gasteiger partial charge is 0.265 e. The van der Waals surface area contributed by atoms with Gasteiger partial charge in [0.1, 0.15) is 11.6 Å². The van der Waals surface area contributed by atoms with Crippen molar-refractivity contribution >= 4 is 22.5 Å². The number of hydrogen-bond donors (Lipinski definition) is 2. The number of anilines is 1. The molecule has 1 atom stereocenters. The van der Waals surface area contributed by atoms with E-state index in [9.17, 15) is 14.0 Å². The Labute approximate surface area is 142 Å². The number of nitrogens with zero attached hydrogens (tertiary/aromatic N) is 1. The summed E-state index contributed by atoms with van der Waals surface area (Å²) < 4.78 is 19.7. The first-order valence-electron chi connectivity index (χ1n) is 7.65. The second-order valence-corrected chi connectivity index (χ2v) is 5.64. The summed E-state index contributed by atoms with van der Waals surface area (Å²) in [6, 6.07) is 9.59.